The Labute approximate surface area is 113 Å². The first-order valence-corrected chi connectivity index (χ1v) is 6.66. The summed E-state index contributed by atoms with van der Waals surface area (Å²) in [4.78, 5) is 0.823. The number of halogens is 3. The minimum Gasteiger partial charge on any atom is -0.382 e. The number of rotatable bonds is 6. The predicted octanol–water partition coefficient (Wildman–Crippen LogP) is 3.27. The summed E-state index contributed by atoms with van der Waals surface area (Å²) < 4.78 is 40.0. The molecule has 19 heavy (non-hydrogen) atoms. The molecule has 1 rings (SSSR count). The maximum absolute atomic E-state index is 11.8. The van der Waals surface area contributed by atoms with E-state index in [1.165, 1.54) is 11.8 Å². The average molecular weight is 290 g/mol. The van der Waals surface area contributed by atoms with Gasteiger partial charge in [-0.2, -0.15) is 18.4 Å². The second-order valence-electron chi connectivity index (χ2n) is 3.59. The van der Waals surface area contributed by atoms with Crippen LogP contribution >= 0.6 is 11.8 Å². The van der Waals surface area contributed by atoms with Gasteiger partial charge in [-0.05, 0) is 18.4 Å². The third-order valence-electron chi connectivity index (χ3n) is 2.19. The Hall–Kier alpha value is -1.39. The molecular weight excluding hydrogens is 277 g/mol. The van der Waals surface area contributed by atoms with E-state index in [0.717, 1.165) is 4.90 Å². The van der Waals surface area contributed by atoms with Crippen molar-refractivity contribution in [3.05, 3.63) is 23.8 Å². The Morgan fingerprint density at radius 3 is 2.74 bits per heavy atom. The number of anilines is 1. The molecule has 0 spiro atoms. The van der Waals surface area contributed by atoms with E-state index in [4.69, 9.17) is 5.26 Å². The highest BCUT2D eigenvalue weighted by Gasteiger charge is 2.27. The minimum atomic E-state index is -4.31. The molecule has 104 valence electrons. The maximum Gasteiger partial charge on any atom is 0.411 e. The third kappa shape index (κ3) is 5.41. The van der Waals surface area contributed by atoms with Gasteiger partial charge in [0.25, 0.3) is 0 Å². The Bertz CT molecular complexity index is 457. The van der Waals surface area contributed by atoms with Crippen molar-refractivity contribution in [3.63, 3.8) is 0 Å². The highest BCUT2D eigenvalue weighted by Crippen LogP contribution is 2.26. The molecule has 0 unspecified atom stereocenters. The van der Waals surface area contributed by atoms with Crippen LogP contribution in [0.1, 0.15) is 5.56 Å². The molecule has 1 N–H and O–H groups in total. The smallest absolute Gasteiger partial charge is 0.382 e. The fourth-order valence-corrected chi connectivity index (χ4v) is 1.98. The summed E-state index contributed by atoms with van der Waals surface area (Å²) in [6, 6.07) is 7.38. The van der Waals surface area contributed by atoms with Gasteiger partial charge in [-0.25, -0.2) is 0 Å². The molecule has 1 aromatic carbocycles. The Balaban J connectivity index is 2.48. The first-order valence-electron chi connectivity index (χ1n) is 5.43. The molecule has 0 fully saturated rings. The second kappa shape index (κ2) is 7.26. The standard InChI is InChI=1S/C12H13F3N2OS/c1-19-11-4-2-3-10(9(11)7-16)17-5-6-18-8-12(13,14)15/h2-4,17H,5-6,8H2,1H3. The molecule has 0 aromatic heterocycles. The van der Waals surface area contributed by atoms with Crippen molar-refractivity contribution in [2.45, 2.75) is 11.1 Å². The van der Waals surface area contributed by atoms with Crippen molar-refractivity contribution in [2.24, 2.45) is 0 Å². The van der Waals surface area contributed by atoms with E-state index < -0.39 is 12.8 Å². The topological polar surface area (TPSA) is 45.0 Å². The number of benzene rings is 1. The first-order chi connectivity index (χ1) is 8.98. The number of ether oxygens (including phenoxy) is 1. The van der Waals surface area contributed by atoms with Gasteiger partial charge in [0.05, 0.1) is 17.9 Å². The number of thioether (sulfide) groups is 1. The van der Waals surface area contributed by atoms with Gasteiger partial charge in [0, 0.05) is 11.4 Å². The molecule has 7 heteroatoms. The molecule has 0 amide bonds. The van der Waals surface area contributed by atoms with E-state index in [2.05, 4.69) is 16.1 Å². The van der Waals surface area contributed by atoms with Gasteiger partial charge in [-0.1, -0.05) is 6.07 Å². The molecule has 0 aliphatic rings. The fourth-order valence-electron chi connectivity index (χ4n) is 1.41. The largest absolute Gasteiger partial charge is 0.411 e. The van der Waals surface area contributed by atoms with Gasteiger partial charge in [0.1, 0.15) is 12.7 Å². The van der Waals surface area contributed by atoms with Crippen molar-refractivity contribution in [1.29, 1.82) is 5.26 Å². The van der Waals surface area contributed by atoms with E-state index in [1.54, 1.807) is 12.1 Å². The Kier molecular flexibility index (Phi) is 5.99. The third-order valence-corrected chi connectivity index (χ3v) is 2.97. The van der Waals surface area contributed by atoms with Gasteiger partial charge in [0.2, 0.25) is 0 Å². The monoisotopic (exact) mass is 290 g/mol. The number of nitriles is 1. The Morgan fingerprint density at radius 2 is 2.16 bits per heavy atom. The molecule has 0 radical (unpaired) electrons. The van der Waals surface area contributed by atoms with E-state index in [9.17, 15) is 13.2 Å². The number of alkyl halides is 3. The van der Waals surface area contributed by atoms with Gasteiger partial charge < -0.3 is 10.1 Å². The summed E-state index contributed by atoms with van der Waals surface area (Å²) in [5.41, 5.74) is 1.09. The van der Waals surface area contributed by atoms with Crippen LogP contribution in [0.2, 0.25) is 0 Å². The Morgan fingerprint density at radius 1 is 1.42 bits per heavy atom. The van der Waals surface area contributed by atoms with Crippen LogP contribution in [0.3, 0.4) is 0 Å². The lowest BCUT2D eigenvalue weighted by molar-refractivity contribution is -0.172. The summed E-state index contributed by atoms with van der Waals surface area (Å²) in [7, 11) is 0. The number of nitrogens with zero attached hydrogens (tertiary/aromatic N) is 1. The summed E-state index contributed by atoms with van der Waals surface area (Å²) in [6.07, 6.45) is -2.46. The number of nitrogens with one attached hydrogen (secondary N) is 1. The molecule has 0 aliphatic heterocycles. The van der Waals surface area contributed by atoms with Crippen molar-refractivity contribution < 1.29 is 17.9 Å². The van der Waals surface area contributed by atoms with Crippen LogP contribution < -0.4 is 5.32 Å². The lowest BCUT2D eigenvalue weighted by Gasteiger charge is -2.11. The predicted molar refractivity (Wildman–Crippen MR) is 68.3 cm³/mol. The highest BCUT2D eigenvalue weighted by molar-refractivity contribution is 7.98. The van der Waals surface area contributed by atoms with Crippen LogP contribution in [0, 0.1) is 11.3 Å². The number of hydrogen-bond acceptors (Lipinski definition) is 4. The van der Waals surface area contributed by atoms with Crippen LogP contribution in [-0.4, -0.2) is 32.2 Å². The summed E-state index contributed by atoms with van der Waals surface area (Å²) in [6.45, 7) is -1.12. The van der Waals surface area contributed by atoms with Crippen molar-refractivity contribution in [1.82, 2.24) is 0 Å². The van der Waals surface area contributed by atoms with E-state index in [-0.39, 0.29) is 13.2 Å². The average Bonchev–Trinajstić information content (AvgIpc) is 2.36. The van der Waals surface area contributed by atoms with Gasteiger partial charge >= 0.3 is 6.18 Å². The minimum absolute atomic E-state index is 0.0755. The van der Waals surface area contributed by atoms with Crippen LogP contribution in [0.5, 0.6) is 0 Å². The van der Waals surface area contributed by atoms with Gasteiger partial charge in [0.15, 0.2) is 0 Å². The quantitative estimate of drug-likeness (QED) is 0.645. The lowest BCUT2D eigenvalue weighted by atomic mass is 10.2. The summed E-state index contributed by atoms with van der Waals surface area (Å²) in [5, 5.41) is 12.0. The molecule has 0 saturated carbocycles. The molecule has 0 heterocycles. The fraction of sp³-hybridized carbons (Fsp3) is 0.417. The zero-order valence-corrected chi connectivity index (χ0v) is 11.1. The van der Waals surface area contributed by atoms with Gasteiger partial charge in [-0.15, -0.1) is 11.8 Å². The molecular formula is C12H13F3N2OS. The highest BCUT2D eigenvalue weighted by atomic mass is 32.2. The number of hydrogen-bond donors (Lipinski definition) is 1. The molecule has 0 saturated heterocycles. The van der Waals surface area contributed by atoms with Crippen LogP contribution in [0.25, 0.3) is 0 Å². The zero-order valence-electron chi connectivity index (χ0n) is 10.3. The molecule has 3 nitrogen and oxygen atoms in total. The van der Waals surface area contributed by atoms with Crippen LogP contribution in [-0.2, 0) is 4.74 Å². The molecule has 1 aromatic rings. The van der Waals surface area contributed by atoms with Crippen molar-refractivity contribution >= 4 is 17.4 Å². The van der Waals surface area contributed by atoms with E-state index in [0.29, 0.717) is 11.3 Å². The van der Waals surface area contributed by atoms with Crippen molar-refractivity contribution in [2.75, 3.05) is 31.3 Å². The lowest BCUT2D eigenvalue weighted by Crippen LogP contribution is -2.20. The van der Waals surface area contributed by atoms with Gasteiger partial charge in [-0.3, -0.25) is 0 Å². The molecule has 0 aliphatic carbocycles. The summed E-state index contributed by atoms with van der Waals surface area (Å²) in [5.74, 6) is 0. The van der Waals surface area contributed by atoms with E-state index >= 15 is 0 Å². The van der Waals surface area contributed by atoms with Crippen LogP contribution in [0.4, 0.5) is 18.9 Å². The SMILES string of the molecule is CSc1cccc(NCCOCC(F)(F)F)c1C#N. The maximum atomic E-state index is 11.8. The van der Waals surface area contributed by atoms with E-state index in [1.807, 2.05) is 12.3 Å². The van der Waals surface area contributed by atoms with Crippen LogP contribution in [0.15, 0.2) is 23.1 Å². The second-order valence-corrected chi connectivity index (χ2v) is 4.44. The summed E-state index contributed by atoms with van der Waals surface area (Å²) >= 11 is 1.44. The molecule has 0 atom stereocenters. The zero-order chi connectivity index (χ0) is 14.3. The first kappa shape index (κ1) is 15.7. The normalized spacial score (nSPS) is 11.1. The molecule has 0 bridgehead atoms. The van der Waals surface area contributed by atoms with Crippen molar-refractivity contribution in [3.8, 4) is 6.07 Å².